The Balaban J connectivity index is 1.33. The molecular formula is C33H30ClN7O. The minimum Gasteiger partial charge on any atom is -0.363 e. The fourth-order valence-corrected chi connectivity index (χ4v) is 5.96. The summed E-state index contributed by atoms with van der Waals surface area (Å²) in [5.41, 5.74) is 7.26. The predicted molar refractivity (Wildman–Crippen MR) is 166 cm³/mol. The molecule has 1 aliphatic rings. The highest BCUT2D eigenvalue weighted by Gasteiger charge is 2.23. The van der Waals surface area contributed by atoms with Crippen molar-refractivity contribution in [2.75, 3.05) is 11.9 Å². The Kier molecular flexibility index (Phi) is 7.01. The molecule has 0 radical (unpaired) electrons. The number of anilines is 1. The molecule has 0 spiro atoms. The largest absolute Gasteiger partial charge is 0.363 e. The molecule has 210 valence electrons. The van der Waals surface area contributed by atoms with E-state index >= 15 is 0 Å². The molecule has 6 aromatic rings. The molecule has 7 rings (SSSR count). The SMILES string of the molecule is Cc1ccc2c(N[C@H](C)c3ccc(Cl)cc3)nccc2c1-c1ncccc1-c1ncnc2c1ncn2C1CCCCO1. The highest BCUT2D eigenvalue weighted by atomic mass is 35.5. The zero-order valence-corrected chi connectivity index (χ0v) is 24.2. The first-order chi connectivity index (χ1) is 20.6. The molecule has 1 N–H and O–H groups in total. The topological polar surface area (TPSA) is 90.6 Å². The second-order valence-electron chi connectivity index (χ2n) is 10.7. The van der Waals surface area contributed by atoms with Crippen molar-refractivity contribution in [1.82, 2.24) is 29.5 Å². The summed E-state index contributed by atoms with van der Waals surface area (Å²) in [7, 11) is 0. The van der Waals surface area contributed by atoms with Crippen molar-refractivity contribution in [2.45, 2.75) is 45.4 Å². The molecule has 8 nitrogen and oxygen atoms in total. The number of ether oxygens (including phenoxy) is 1. The van der Waals surface area contributed by atoms with Crippen LogP contribution in [0.1, 0.15) is 49.6 Å². The van der Waals surface area contributed by atoms with Crippen LogP contribution in [0.25, 0.3) is 44.5 Å². The summed E-state index contributed by atoms with van der Waals surface area (Å²) in [5, 5.41) is 6.39. The van der Waals surface area contributed by atoms with Crippen LogP contribution < -0.4 is 5.32 Å². The first-order valence-corrected chi connectivity index (χ1v) is 14.6. The van der Waals surface area contributed by atoms with Gasteiger partial charge in [0, 0.05) is 46.6 Å². The molecule has 2 atom stereocenters. The maximum absolute atomic E-state index is 6.11. The normalized spacial score (nSPS) is 16.1. The number of rotatable bonds is 6. The maximum Gasteiger partial charge on any atom is 0.165 e. The van der Waals surface area contributed by atoms with E-state index in [1.165, 1.54) is 0 Å². The maximum atomic E-state index is 6.11. The standard InChI is InChI=1S/C33H30ClN7O/c1-20-8-13-25-24(14-16-36-32(25)40-21(2)22-9-11-23(34)12-10-22)28(20)29-26(6-5-15-35-29)30-31-33(38-18-37-30)41(19-39-31)27-7-3-4-17-42-27/h5-6,8-16,18-19,21,27H,3-4,7,17H2,1-2H3,(H,36,40)/t21-,27?/m1/s1. The summed E-state index contributed by atoms with van der Waals surface area (Å²) < 4.78 is 8.07. The van der Waals surface area contributed by atoms with Crippen molar-refractivity contribution in [3.63, 3.8) is 0 Å². The molecule has 1 unspecified atom stereocenters. The summed E-state index contributed by atoms with van der Waals surface area (Å²) in [4.78, 5) is 23.7. The van der Waals surface area contributed by atoms with Gasteiger partial charge in [-0.3, -0.25) is 9.55 Å². The van der Waals surface area contributed by atoms with Crippen LogP contribution in [0, 0.1) is 6.92 Å². The van der Waals surface area contributed by atoms with E-state index in [9.17, 15) is 0 Å². The number of nitrogens with one attached hydrogen (secondary N) is 1. The highest BCUT2D eigenvalue weighted by Crippen LogP contribution is 2.40. The molecule has 5 heterocycles. The summed E-state index contributed by atoms with van der Waals surface area (Å²) in [6, 6.07) is 18.2. The van der Waals surface area contributed by atoms with Gasteiger partial charge in [-0.25, -0.2) is 19.9 Å². The summed E-state index contributed by atoms with van der Waals surface area (Å²) >= 11 is 6.11. The lowest BCUT2D eigenvalue weighted by Crippen LogP contribution is -2.17. The molecule has 0 bridgehead atoms. The Morgan fingerprint density at radius 2 is 1.79 bits per heavy atom. The molecule has 4 aromatic heterocycles. The van der Waals surface area contributed by atoms with Crippen LogP contribution in [-0.4, -0.2) is 36.1 Å². The van der Waals surface area contributed by atoms with Crippen molar-refractivity contribution in [3.8, 4) is 22.5 Å². The fourth-order valence-electron chi connectivity index (χ4n) is 5.83. The van der Waals surface area contributed by atoms with E-state index in [1.54, 1.807) is 6.33 Å². The van der Waals surface area contributed by atoms with Gasteiger partial charge < -0.3 is 10.1 Å². The third kappa shape index (κ3) is 4.76. The number of nitrogens with zero attached hydrogens (tertiary/aromatic N) is 6. The number of aromatic nitrogens is 6. The van der Waals surface area contributed by atoms with Gasteiger partial charge in [-0.05, 0) is 80.0 Å². The van der Waals surface area contributed by atoms with Gasteiger partial charge in [0.15, 0.2) is 5.65 Å². The number of imidazole rings is 1. The number of hydrogen-bond donors (Lipinski definition) is 1. The van der Waals surface area contributed by atoms with Crippen LogP contribution >= 0.6 is 11.6 Å². The number of aryl methyl sites for hydroxylation is 1. The Bertz CT molecular complexity index is 1900. The van der Waals surface area contributed by atoms with Gasteiger partial charge >= 0.3 is 0 Å². The van der Waals surface area contributed by atoms with Crippen molar-refractivity contribution < 1.29 is 4.74 Å². The smallest absolute Gasteiger partial charge is 0.165 e. The lowest BCUT2D eigenvalue weighted by Gasteiger charge is -2.23. The number of hydrogen-bond acceptors (Lipinski definition) is 7. The van der Waals surface area contributed by atoms with Gasteiger partial charge in [0.05, 0.1) is 12.0 Å². The number of halogens is 1. The molecule has 9 heteroatoms. The zero-order valence-electron chi connectivity index (χ0n) is 23.5. The van der Waals surface area contributed by atoms with E-state index in [1.807, 2.05) is 53.6 Å². The van der Waals surface area contributed by atoms with Gasteiger partial charge in [0.25, 0.3) is 0 Å². The Morgan fingerprint density at radius 3 is 2.62 bits per heavy atom. The first kappa shape index (κ1) is 26.5. The van der Waals surface area contributed by atoms with E-state index < -0.39 is 0 Å². The Labute approximate surface area is 248 Å². The van der Waals surface area contributed by atoms with Crippen LogP contribution in [0.2, 0.25) is 5.02 Å². The summed E-state index contributed by atoms with van der Waals surface area (Å²) in [6.07, 6.45) is 10.2. The third-order valence-electron chi connectivity index (χ3n) is 8.00. The molecule has 2 aromatic carbocycles. The lowest BCUT2D eigenvalue weighted by atomic mass is 9.93. The quantitative estimate of drug-likeness (QED) is 0.215. The second kappa shape index (κ2) is 11.1. The zero-order chi connectivity index (χ0) is 28.6. The second-order valence-corrected chi connectivity index (χ2v) is 11.1. The van der Waals surface area contributed by atoms with Gasteiger partial charge in [-0.2, -0.15) is 0 Å². The summed E-state index contributed by atoms with van der Waals surface area (Å²) in [5.74, 6) is 0.810. The van der Waals surface area contributed by atoms with Crippen LogP contribution in [-0.2, 0) is 4.74 Å². The molecule has 0 amide bonds. The van der Waals surface area contributed by atoms with E-state index in [0.29, 0.717) is 0 Å². The van der Waals surface area contributed by atoms with Crippen LogP contribution in [0.3, 0.4) is 0 Å². The van der Waals surface area contributed by atoms with Gasteiger partial charge in [-0.1, -0.05) is 35.9 Å². The van der Waals surface area contributed by atoms with Gasteiger partial charge in [0.2, 0.25) is 0 Å². The molecule has 1 saturated heterocycles. The first-order valence-electron chi connectivity index (χ1n) is 14.2. The minimum absolute atomic E-state index is 0.0353. The molecule has 0 aliphatic carbocycles. The predicted octanol–water partition coefficient (Wildman–Crippen LogP) is 7.94. The van der Waals surface area contributed by atoms with Crippen LogP contribution in [0.5, 0.6) is 0 Å². The van der Waals surface area contributed by atoms with Crippen LogP contribution in [0.15, 0.2) is 79.6 Å². The molecule has 42 heavy (non-hydrogen) atoms. The Hall–Kier alpha value is -4.40. The number of pyridine rings is 2. The minimum atomic E-state index is -0.0612. The van der Waals surface area contributed by atoms with Gasteiger partial charge in [0.1, 0.15) is 29.6 Å². The van der Waals surface area contributed by atoms with Gasteiger partial charge in [-0.15, -0.1) is 0 Å². The van der Waals surface area contributed by atoms with E-state index in [0.717, 1.165) is 92.3 Å². The Morgan fingerprint density at radius 1 is 0.905 bits per heavy atom. The van der Waals surface area contributed by atoms with Crippen LogP contribution in [0.4, 0.5) is 5.82 Å². The van der Waals surface area contributed by atoms with Crippen molar-refractivity contribution in [1.29, 1.82) is 0 Å². The fraction of sp³-hybridized carbons (Fsp3) is 0.242. The monoisotopic (exact) mass is 575 g/mol. The lowest BCUT2D eigenvalue weighted by molar-refractivity contribution is -0.0298. The summed E-state index contributed by atoms with van der Waals surface area (Å²) in [6.45, 7) is 4.98. The number of benzene rings is 2. The van der Waals surface area contributed by atoms with Crippen molar-refractivity contribution in [2.24, 2.45) is 0 Å². The molecule has 0 saturated carbocycles. The molecule has 1 fully saturated rings. The van der Waals surface area contributed by atoms with E-state index in [-0.39, 0.29) is 12.3 Å². The van der Waals surface area contributed by atoms with Crippen molar-refractivity contribution in [3.05, 3.63) is 95.8 Å². The highest BCUT2D eigenvalue weighted by molar-refractivity contribution is 6.30. The van der Waals surface area contributed by atoms with E-state index in [4.69, 9.17) is 36.3 Å². The average Bonchev–Trinajstić information content (AvgIpc) is 3.46. The third-order valence-corrected chi connectivity index (χ3v) is 8.25. The van der Waals surface area contributed by atoms with E-state index in [2.05, 4.69) is 48.4 Å². The number of fused-ring (bicyclic) bond motifs is 2. The molecule has 1 aliphatic heterocycles. The average molecular weight is 576 g/mol. The molecular weight excluding hydrogens is 546 g/mol. The van der Waals surface area contributed by atoms with Crippen molar-refractivity contribution >= 4 is 39.4 Å².